The maximum absolute atomic E-state index is 13.7. The average molecular weight is 406 g/mol. The largest absolute Gasteiger partial charge is 0.349 e. The first-order valence-electron chi connectivity index (χ1n) is 12.0. The highest BCUT2D eigenvalue weighted by atomic mass is 16.2. The number of nitrogens with one attached hydrogen (secondary N) is 1. The molecule has 1 aromatic carbocycles. The molecule has 2 heteroatoms. The number of amides is 1. The van der Waals surface area contributed by atoms with Crippen molar-refractivity contribution in [3.8, 4) is 0 Å². The minimum Gasteiger partial charge on any atom is -0.349 e. The molecule has 1 N–H and O–H groups in total. The Morgan fingerprint density at radius 2 is 1.83 bits per heavy atom. The first kappa shape index (κ1) is 21.4. The molecule has 0 heterocycles. The van der Waals surface area contributed by atoms with E-state index in [1.807, 2.05) is 18.2 Å². The maximum Gasteiger partial charge on any atom is 0.226 e. The van der Waals surface area contributed by atoms with E-state index in [1.165, 1.54) is 24.8 Å². The number of rotatable bonds is 4. The lowest BCUT2D eigenvalue weighted by Gasteiger charge is -2.57. The quantitative estimate of drug-likeness (QED) is 0.574. The van der Waals surface area contributed by atoms with Crippen LogP contribution in [0.4, 0.5) is 0 Å². The van der Waals surface area contributed by atoms with E-state index < -0.39 is 0 Å². The molecule has 3 aliphatic carbocycles. The van der Waals surface area contributed by atoms with Crippen LogP contribution < -0.4 is 5.32 Å². The molecule has 1 unspecified atom stereocenters. The summed E-state index contributed by atoms with van der Waals surface area (Å²) in [6.07, 6.45) is 11.9. The molecule has 1 saturated carbocycles. The molecule has 0 saturated heterocycles. The van der Waals surface area contributed by atoms with Gasteiger partial charge in [-0.2, -0.15) is 0 Å². The van der Waals surface area contributed by atoms with Gasteiger partial charge in [-0.3, -0.25) is 4.79 Å². The van der Waals surface area contributed by atoms with Crippen LogP contribution in [0.1, 0.15) is 84.7 Å². The fourth-order valence-electron chi connectivity index (χ4n) is 6.80. The molecule has 1 amide bonds. The van der Waals surface area contributed by atoms with Gasteiger partial charge in [0.05, 0.1) is 11.5 Å². The summed E-state index contributed by atoms with van der Waals surface area (Å²) >= 11 is 0. The van der Waals surface area contributed by atoms with Crippen molar-refractivity contribution in [1.29, 1.82) is 0 Å². The monoisotopic (exact) mass is 405 g/mol. The van der Waals surface area contributed by atoms with Crippen LogP contribution in [-0.4, -0.2) is 5.91 Å². The molecule has 1 fully saturated rings. The molecule has 5 atom stereocenters. The van der Waals surface area contributed by atoms with Crippen molar-refractivity contribution in [2.45, 2.75) is 79.2 Å². The van der Waals surface area contributed by atoms with E-state index >= 15 is 0 Å². The fourth-order valence-corrected chi connectivity index (χ4v) is 6.80. The van der Waals surface area contributed by atoms with Crippen molar-refractivity contribution in [2.24, 2.45) is 28.6 Å². The summed E-state index contributed by atoms with van der Waals surface area (Å²) in [4.78, 5) is 13.7. The smallest absolute Gasteiger partial charge is 0.226 e. The van der Waals surface area contributed by atoms with Crippen LogP contribution in [0.2, 0.25) is 0 Å². The molecular formula is C28H39NO. The van der Waals surface area contributed by atoms with E-state index in [0.29, 0.717) is 17.8 Å². The average Bonchev–Trinajstić information content (AvgIpc) is 2.73. The fraction of sp³-hybridized carbons (Fsp3) is 0.607. The molecule has 162 valence electrons. The Morgan fingerprint density at radius 3 is 2.53 bits per heavy atom. The van der Waals surface area contributed by atoms with Crippen LogP contribution in [0.5, 0.6) is 0 Å². The van der Waals surface area contributed by atoms with Gasteiger partial charge in [0.25, 0.3) is 0 Å². The van der Waals surface area contributed by atoms with Crippen molar-refractivity contribution < 1.29 is 4.79 Å². The molecule has 4 rings (SSSR count). The zero-order valence-corrected chi connectivity index (χ0v) is 19.5. The minimum absolute atomic E-state index is 0.0459. The number of allylic oxidation sites excluding steroid dienone is 4. The molecule has 1 aromatic rings. The first-order valence-corrected chi connectivity index (χ1v) is 12.0. The van der Waals surface area contributed by atoms with Gasteiger partial charge >= 0.3 is 0 Å². The van der Waals surface area contributed by atoms with E-state index in [-0.39, 0.29) is 22.8 Å². The number of benzene rings is 1. The van der Waals surface area contributed by atoms with Crippen LogP contribution >= 0.6 is 0 Å². The summed E-state index contributed by atoms with van der Waals surface area (Å²) in [6.45, 7) is 11.5. The van der Waals surface area contributed by atoms with Crippen LogP contribution in [-0.2, 0) is 4.79 Å². The summed E-state index contributed by atoms with van der Waals surface area (Å²) in [5.41, 5.74) is 4.28. The van der Waals surface area contributed by atoms with Crippen LogP contribution in [0.25, 0.3) is 0 Å². The van der Waals surface area contributed by atoms with Crippen molar-refractivity contribution in [1.82, 2.24) is 5.32 Å². The van der Waals surface area contributed by atoms with Crippen LogP contribution in [0.15, 0.2) is 53.6 Å². The summed E-state index contributed by atoms with van der Waals surface area (Å²) in [5, 5.41) is 3.38. The Morgan fingerprint density at radius 1 is 1.10 bits per heavy atom. The van der Waals surface area contributed by atoms with Gasteiger partial charge in [-0.25, -0.2) is 0 Å². The Balaban J connectivity index is 1.59. The van der Waals surface area contributed by atoms with Gasteiger partial charge in [0.15, 0.2) is 0 Å². The third-order valence-electron chi connectivity index (χ3n) is 8.75. The highest BCUT2D eigenvalue weighted by Gasteiger charge is 2.57. The lowest BCUT2D eigenvalue weighted by atomic mass is 9.46. The third-order valence-corrected chi connectivity index (χ3v) is 8.75. The van der Waals surface area contributed by atoms with Crippen molar-refractivity contribution in [2.75, 3.05) is 0 Å². The molecule has 2 nitrogen and oxygen atoms in total. The molecule has 0 spiro atoms. The van der Waals surface area contributed by atoms with Crippen LogP contribution in [0.3, 0.4) is 0 Å². The van der Waals surface area contributed by atoms with Crippen molar-refractivity contribution >= 4 is 5.91 Å². The van der Waals surface area contributed by atoms with Gasteiger partial charge in [-0.15, -0.1) is 0 Å². The highest BCUT2D eigenvalue weighted by molar-refractivity contribution is 5.83. The Kier molecular flexibility index (Phi) is 5.72. The van der Waals surface area contributed by atoms with Gasteiger partial charge in [0.1, 0.15) is 0 Å². The second-order valence-electron chi connectivity index (χ2n) is 10.8. The predicted octanol–water partition coefficient (Wildman–Crippen LogP) is 7.00. The van der Waals surface area contributed by atoms with Gasteiger partial charge in [-0.1, -0.05) is 82.2 Å². The van der Waals surface area contributed by atoms with Crippen LogP contribution in [0, 0.1) is 28.6 Å². The summed E-state index contributed by atoms with van der Waals surface area (Å²) in [6, 6.07) is 10.4. The molecular weight excluding hydrogens is 366 g/mol. The second-order valence-corrected chi connectivity index (χ2v) is 10.8. The molecule has 0 radical (unpaired) electrons. The predicted molar refractivity (Wildman–Crippen MR) is 125 cm³/mol. The Labute approximate surface area is 183 Å². The summed E-state index contributed by atoms with van der Waals surface area (Å²) < 4.78 is 0. The van der Waals surface area contributed by atoms with E-state index in [2.05, 4.69) is 64.2 Å². The first-order chi connectivity index (χ1) is 14.3. The van der Waals surface area contributed by atoms with E-state index in [9.17, 15) is 4.79 Å². The SMILES string of the molecule is CC(C)C1=CC2=CC[C@@H]3[C@](C)(CCC[C@@]3(C)C(=O)NC(C)c3ccccc3)[C@H]2CC1. The Bertz CT molecular complexity index is 851. The number of fused-ring (bicyclic) bond motifs is 3. The topological polar surface area (TPSA) is 29.1 Å². The second kappa shape index (κ2) is 8.02. The third kappa shape index (κ3) is 3.57. The minimum atomic E-state index is -0.292. The standard InChI is InChI=1S/C28H39NO/c1-19(2)22-12-14-24-23(18-22)13-15-25-27(24,4)16-9-17-28(25,5)26(30)29-20(3)21-10-7-6-8-11-21/h6-8,10-11,13,18-20,24-25H,9,12,14-17H2,1-5H3,(H,29,30)/t20?,24-,25+,27+,28+/m0/s1. The van der Waals surface area contributed by atoms with E-state index in [4.69, 9.17) is 0 Å². The molecule has 30 heavy (non-hydrogen) atoms. The zero-order valence-electron chi connectivity index (χ0n) is 19.5. The maximum atomic E-state index is 13.7. The summed E-state index contributed by atoms with van der Waals surface area (Å²) in [7, 11) is 0. The lowest BCUT2D eigenvalue weighted by molar-refractivity contribution is -0.145. The molecule has 0 bridgehead atoms. The van der Waals surface area contributed by atoms with E-state index in [1.54, 1.807) is 11.1 Å². The highest BCUT2D eigenvalue weighted by Crippen LogP contribution is 2.62. The molecule has 0 aliphatic heterocycles. The number of hydrogen-bond donors (Lipinski definition) is 1. The number of carbonyl (C=O) groups is 1. The number of hydrogen-bond acceptors (Lipinski definition) is 1. The molecule has 3 aliphatic rings. The Hall–Kier alpha value is -1.83. The van der Waals surface area contributed by atoms with Gasteiger partial charge in [-0.05, 0) is 73.3 Å². The van der Waals surface area contributed by atoms with Gasteiger partial charge in [0, 0.05) is 0 Å². The summed E-state index contributed by atoms with van der Waals surface area (Å²) in [5.74, 6) is 1.92. The van der Waals surface area contributed by atoms with Crippen molar-refractivity contribution in [3.63, 3.8) is 0 Å². The lowest BCUT2D eigenvalue weighted by Crippen LogP contribution is -2.55. The van der Waals surface area contributed by atoms with E-state index in [0.717, 1.165) is 19.3 Å². The zero-order chi connectivity index (χ0) is 21.5. The molecule has 0 aromatic heterocycles. The normalized spacial score (nSPS) is 34.3. The number of carbonyl (C=O) groups excluding carboxylic acids is 1. The van der Waals surface area contributed by atoms with Gasteiger partial charge in [0.2, 0.25) is 5.91 Å². The van der Waals surface area contributed by atoms with Gasteiger partial charge < -0.3 is 5.32 Å². The van der Waals surface area contributed by atoms with Crippen molar-refractivity contribution in [3.05, 3.63) is 59.2 Å².